The quantitative estimate of drug-likeness (QED) is 0.786. The van der Waals surface area contributed by atoms with Crippen molar-refractivity contribution in [3.63, 3.8) is 0 Å². The van der Waals surface area contributed by atoms with Crippen LogP contribution in [0.2, 0.25) is 0 Å². The lowest BCUT2D eigenvalue weighted by Crippen LogP contribution is -2.59. The van der Waals surface area contributed by atoms with Gasteiger partial charge in [-0.1, -0.05) is 6.92 Å². The summed E-state index contributed by atoms with van der Waals surface area (Å²) >= 11 is 0. The molecule has 0 aromatic heterocycles. The van der Waals surface area contributed by atoms with Gasteiger partial charge in [-0.25, -0.2) is 0 Å². The van der Waals surface area contributed by atoms with E-state index in [0.29, 0.717) is 18.4 Å². The van der Waals surface area contributed by atoms with Gasteiger partial charge in [-0.15, -0.1) is 0 Å². The second-order valence-corrected chi connectivity index (χ2v) is 8.46. The van der Waals surface area contributed by atoms with Crippen LogP contribution in [-0.4, -0.2) is 70.8 Å². The lowest BCUT2D eigenvalue weighted by molar-refractivity contribution is -0.150. The number of carbonyl (C=O) groups excluding carboxylic acids is 2. The maximum Gasteiger partial charge on any atom is 0.245 e. The monoisotopic (exact) mass is 347 g/mol. The molecule has 1 saturated carbocycles. The first-order valence-corrected chi connectivity index (χ1v) is 10.5. The summed E-state index contributed by atoms with van der Waals surface area (Å²) in [5, 5.41) is 0. The molecular weight excluding hydrogens is 314 g/mol. The van der Waals surface area contributed by atoms with Crippen molar-refractivity contribution in [2.75, 3.05) is 26.2 Å². The second-order valence-electron chi connectivity index (χ2n) is 8.46. The number of amides is 2. The van der Waals surface area contributed by atoms with Gasteiger partial charge in [0.1, 0.15) is 6.04 Å². The minimum absolute atomic E-state index is 0.144. The van der Waals surface area contributed by atoms with E-state index in [1.54, 1.807) is 0 Å². The van der Waals surface area contributed by atoms with Gasteiger partial charge < -0.3 is 9.80 Å². The standard InChI is InChI=1S/C20H33N3O2/c1-2-19(24)23-11-4-3-7-18(23)20(25)21-13-10-17-15(14-21)6-5-12-22(17)16-8-9-16/h15-18H,2-14H2,1H3. The zero-order valence-corrected chi connectivity index (χ0v) is 15.7. The summed E-state index contributed by atoms with van der Waals surface area (Å²) in [5.41, 5.74) is 0. The van der Waals surface area contributed by atoms with Gasteiger partial charge in [0.2, 0.25) is 11.8 Å². The molecule has 25 heavy (non-hydrogen) atoms. The van der Waals surface area contributed by atoms with E-state index in [-0.39, 0.29) is 17.9 Å². The van der Waals surface area contributed by atoms with Crippen LogP contribution in [0, 0.1) is 5.92 Å². The Morgan fingerprint density at radius 3 is 2.52 bits per heavy atom. The predicted octanol–water partition coefficient (Wildman–Crippen LogP) is 2.25. The van der Waals surface area contributed by atoms with E-state index in [1.165, 1.54) is 32.2 Å². The summed E-state index contributed by atoms with van der Waals surface area (Å²) in [4.78, 5) is 32.2. The van der Waals surface area contributed by atoms with Crippen molar-refractivity contribution in [1.29, 1.82) is 0 Å². The Morgan fingerprint density at radius 2 is 1.76 bits per heavy atom. The van der Waals surface area contributed by atoms with Gasteiger partial charge in [0.05, 0.1) is 0 Å². The average molecular weight is 348 g/mol. The first-order chi connectivity index (χ1) is 12.2. The third kappa shape index (κ3) is 3.44. The number of hydrogen-bond donors (Lipinski definition) is 0. The van der Waals surface area contributed by atoms with Crippen LogP contribution < -0.4 is 0 Å². The van der Waals surface area contributed by atoms with Crippen LogP contribution >= 0.6 is 0 Å². The van der Waals surface area contributed by atoms with Gasteiger partial charge in [0.15, 0.2) is 0 Å². The van der Waals surface area contributed by atoms with Crippen LogP contribution in [0.25, 0.3) is 0 Å². The minimum atomic E-state index is -0.194. The molecule has 5 nitrogen and oxygen atoms in total. The van der Waals surface area contributed by atoms with Gasteiger partial charge in [-0.05, 0) is 63.8 Å². The van der Waals surface area contributed by atoms with E-state index < -0.39 is 0 Å². The van der Waals surface area contributed by atoms with E-state index in [0.717, 1.165) is 51.4 Å². The van der Waals surface area contributed by atoms with Gasteiger partial charge in [-0.3, -0.25) is 14.5 Å². The Balaban J connectivity index is 1.41. The van der Waals surface area contributed by atoms with Crippen molar-refractivity contribution in [3.05, 3.63) is 0 Å². The number of nitrogens with zero attached hydrogens (tertiary/aromatic N) is 3. The maximum atomic E-state index is 13.2. The summed E-state index contributed by atoms with van der Waals surface area (Å²) in [6, 6.07) is 1.34. The lowest BCUT2D eigenvalue weighted by atomic mass is 9.83. The number of hydrogen-bond acceptors (Lipinski definition) is 3. The first-order valence-electron chi connectivity index (χ1n) is 10.5. The van der Waals surface area contributed by atoms with E-state index in [9.17, 15) is 9.59 Å². The van der Waals surface area contributed by atoms with Crippen molar-refractivity contribution in [2.24, 2.45) is 5.92 Å². The van der Waals surface area contributed by atoms with Gasteiger partial charge in [-0.2, -0.15) is 0 Å². The highest BCUT2D eigenvalue weighted by atomic mass is 16.2. The third-order valence-corrected chi connectivity index (χ3v) is 6.85. The second kappa shape index (κ2) is 7.26. The largest absolute Gasteiger partial charge is 0.341 e. The molecule has 0 aromatic rings. The molecule has 0 N–H and O–H groups in total. The SMILES string of the molecule is CCC(=O)N1CCCCC1C(=O)N1CCC2C(CCCN2C2CC2)C1. The van der Waals surface area contributed by atoms with E-state index in [4.69, 9.17) is 0 Å². The van der Waals surface area contributed by atoms with Crippen LogP contribution in [0.15, 0.2) is 0 Å². The molecule has 0 spiro atoms. The zero-order valence-electron chi connectivity index (χ0n) is 15.7. The highest BCUT2D eigenvalue weighted by Gasteiger charge is 2.44. The molecule has 3 saturated heterocycles. The third-order valence-electron chi connectivity index (χ3n) is 6.85. The minimum Gasteiger partial charge on any atom is -0.341 e. The summed E-state index contributed by atoms with van der Waals surface area (Å²) in [6.07, 6.45) is 9.89. The molecule has 3 aliphatic heterocycles. The molecule has 3 atom stereocenters. The van der Waals surface area contributed by atoms with Gasteiger partial charge in [0.25, 0.3) is 0 Å². The topological polar surface area (TPSA) is 43.9 Å². The molecule has 4 rings (SSSR count). The highest BCUT2D eigenvalue weighted by Crippen LogP contribution is 2.38. The van der Waals surface area contributed by atoms with E-state index in [2.05, 4.69) is 9.80 Å². The summed E-state index contributed by atoms with van der Waals surface area (Å²) in [7, 11) is 0. The number of carbonyl (C=O) groups is 2. The van der Waals surface area contributed by atoms with Crippen molar-refractivity contribution in [2.45, 2.75) is 82.8 Å². The number of rotatable bonds is 3. The molecule has 140 valence electrons. The van der Waals surface area contributed by atoms with Crippen LogP contribution in [-0.2, 0) is 9.59 Å². The van der Waals surface area contributed by atoms with E-state index >= 15 is 0 Å². The normalized spacial score (nSPS) is 33.9. The summed E-state index contributed by atoms with van der Waals surface area (Å²) in [5.74, 6) is 1.01. The Labute approximate surface area is 151 Å². The first kappa shape index (κ1) is 17.3. The molecule has 3 unspecified atom stereocenters. The fourth-order valence-electron chi connectivity index (χ4n) is 5.40. The summed E-state index contributed by atoms with van der Waals surface area (Å²) < 4.78 is 0. The Morgan fingerprint density at radius 1 is 0.920 bits per heavy atom. The van der Waals surface area contributed by atoms with Crippen molar-refractivity contribution < 1.29 is 9.59 Å². The van der Waals surface area contributed by atoms with Crippen molar-refractivity contribution in [1.82, 2.24) is 14.7 Å². The Bertz CT molecular complexity index is 519. The van der Waals surface area contributed by atoms with Crippen LogP contribution in [0.5, 0.6) is 0 Å². The molecule has 0 radical (unpaired) electrons. The predicted molar refractivity (Wildman–Crippen MR) is 97.1 cm³/mol. The smallest absolute Gasteiger partial charge is 0.245 e. The van der Waals surface area contributed by atoms with Crippen LogP contribution in [0.3, 0.4) is 0 Å². The van der Waals surface area contributed by atoms with Gasteiger partial charge >= 0.3 is 0 Å². The fraction of sp³-hybridized carbons (Fsp3) is 0.900. The Hall–Kier alpha value is -1.10. The molecule has 3 heterocycles. The highest BCUT2D eigenvalue weighted by molar-refractivity contribution is 5.88. The van der Waals surface area contributed by atoms with Crippen LogP contribution in [0.4, 0.5) is 0 Å². The molecule has 1 aliphatic carbocycles. The van der Waals surface area contributed by atoms with E-state index in [1.807, 2.05) is 11.8 Å². The average Bonchev–Trinajstić information content (AvgIpc) is 3.51. The molecule has 4 fully saturated rings. The molecule has 5 heteroatoms. The summed E-state index contributed by atoms with van der Waals surface area (Å²) in [6.45, 7) is 5.73. The number of fused-ring (bicyclic) bond motifs is 1. The number of piperidine rings is 3. The molecule has 4 aliphatic rings. The van der Waals surface area contributed by atoms with Gasteiger partial charge in [0, 0.05) is 38.1 Å². The van der Waals surface area contributed by atoms with Crippen molar-refractivity contribution >= 4 is 11.8 Å². The molecule has 0 aromatic carbocycles. The molecule has 0 bridgehead atoms. The number of likely N-dealkylation sites (tertiary alicyclic amines) is 3. The molecule has 2 amide bonds. The molecular formula is C20H33N3O2. The Kier molecular flexibility index (Phi) is 5.03. The maximum absolute atomic E-state index is 13.2. The van der Waals surface area contributed by atoms with Crippen molar-refractivity contribution in [3.8, 4) is 0 Å². The fourth-order valence-corrected chi connectivity index (χ4v) is 5.40. The zero-order chi connectivity index (χ0) is 17.4. The van der Waals surface area contributed by atoms with Crippen LogP contribution in [0.1, 0.15) is 64.7 Å². The lowest BCUT2D eigenvalue weighted by Gasteiger charge is -2.48.